The summed E-state index contributed by atoms with van der Waals surface area (Å²) in [6.45, 7) is 5.57. The Balaban J connectivity index is 3.69. The molecule has 0 aromatic carbocycles. The van der Waals surface area contributed by atoms with E-state index in [-0.39, 0.29) is 31.5 Å². The largest absolute Gasteiger partial charge is 0.459 e. The minimum Gasteiger partial charge on any atom is -0.459 e. The Morgan fingerprint density at radius 1 is 1.25 bits per heavy atom. The molecule has 0 fully saturated rings. The summed E-state index contributed by atoms with van der Waals surface area (Å²) in [6, 6.07) is 0.0632. The topological polar surface area (TPSA) is 84.5 Å². The van der Waals surface area contributed by atoms with Gasteiger partial charge in [-0.1, -0.05) is 0 Å². The number of carbonyl (C=O) groups is 3. The zero-order valence-electron chi connectivity index (χ0n) is 9.83. The molecule has 0 saturated carbocycles. The van der Waals surface area contributed by atoms with E-state index < -0.39 is 11.9 Å². The molecule has 0 aliphatic heterocycles. The van der Waals surface area contributed by atoms with Crippen molar-refractivity contribution in [3.8, 4) is 0 Å². The summed E-state index contributed by atoms with van der Waals surface area (Å²) in [6.07, 6.45) is 0.142. The maximum absolute atomic E-state index is 11.2. The van der Waals surface area contributed by atoms with E-state index in [1.807, 2.05) is 13.8 Å². The van der Waals surface area contributed by atoms with Crippen molar-refractivity contribution in [2.45, 2.75) is 33.2 Å². The maximum Gasteiger partial charge on any atom is 0.396 e. The van der Waals surface area contributed by atoms with Gasteiger partial charge >= 0.3 is 11.9 Å². The summed E-state index contributed by atoms with van der Waals surface area (Å²) in [4.78, 5) is 33.0. The van der Waals surface area contributed by atoms with Gasteiger partial charge in [0.15, 0.2) is 0 Å². The number of nitrogens with one attached hydrogen (secondary N) is 2. The van der Waals surface area contributed by atoms with Crippen LogP contribution in [0.2, 0.25) is 0 Å². The summed E-state index contributed by atoms with van der Waals surface area (Å²) in [5, 5.41) is 4.96. The summed E-state index contributed by atoms with van der Waals surface area (Å²) >= 11 is 0. The molecule has 0 atom stereocenters. The van der Waals surface area contributed by atoms with Gasteiger partial charge in [-0.3, -0.25) is 9.59 Å². The standard InChI is InChI=1S/C10H18N2O4/c1-4-16-10(15)9(14)11-6-5-8(13)12-7(2)3/h7H,4-6H2,1-3H3,(H,11,14)(H,12,13). The van der Waals surface area contributed by atoms with Crippen molar-refractivity contribution < 1.29 is 19.1 Å². The molecular weight excluding hydrogens is 212 g/mol. The van der Waals surface area contributed by atoms with Crippen LogP contribution in [-0.2, 0) is 19.1 Å². The van der Waals surface area contributed by atoms with Crippen molar-refractivity contribution in [1.29, 1.82) is 0 Å². The quantitative estimate of drug-likeness (QED) is 0.496. The normalized spacial score (nSPS) is 9.75. The fourth-order valence-electron chi connectivity index (χ4n) is 0.953. The first-order valence-electron chi connectivity index (χ1n) is 5.21. The number of hydrogen-bond donors (Lipinski definition) is 2. The number of ether oxygens (including phenoxy) is 1. The van der Waals surface area contributed by atoms with Crippen LogP contribution in [0, 0.1) is 0 Å². The van der Waals surface area contributed by atoms with E-state index in [0.29, 0.717) is 0 Å². The Morgan fingerprint density at radius 2 is 1.88 bits per heavy atom. The molecule has 0 radical (unpaired) electrons. The fourth-order valence-corrected chi connectivity index (χ4v) is 0.953. The van der Waals surface area contributed by atoms with Gasteiger partial charge in [0.1, 0.15) is 0 Å². The minimum atomic E-state index is -0.924. The third-order valence-corrected chi connectivity index (χ3v) is 1.55. The summed E-state index contributed by atoms with van der Waals surface area (Å²) in [7, 11) is 0. The fraction of sp³-hybridized carbons (Fsp3) is 0.700. The van der Waals surface area contributed by atoms with E-state index in [1.54, 1.807) is 6.92 Å². The maximum atomic E-state index is 11.2. The summed E-state index contributed by atoms with van der Waals surface area (Å²) < 4.78 is 4.47. The van der Waals surface area contributed by atoms with Crippen LogP contribution in [-0.4, -0.2) is 37.0 Å². The second-order valence-electron chi connectivity index (χ2n) is 3.45. The lowest BCUT2D eigenvalue weighted by molar-refractivity contribution is -0.154. The average Bonchev–Trinajstić information content (AvgIpc) is 2.16. The van der Waals surface area contributed by atoms with Crippen molar-refractivity contribution in [3.63, 3.8) is 0 Å². The van der Waals surface area contributed by atoms with E-state index in [0.717, 1.165) is 0 Å². The molecule has 2 amide bonds. The highest BCUT2D eigenvalue weighted by Crippen LogP contribution is 1.83. The lowest BCUT2D eigenvalue weighted by Crippen LogP contribution is -2.37. The van der Waals surface area contributed by atoms with Crippen LogP contribution >= 0.6 is 0 Å². The summed E-state index contributed by atoms with van der Waals surface area (Å²) in [5.74, 6) is -1.91. The molecule has 16 heavy (non-hydrogen) atoms. The second kappa shape index (κ2) is 7.67. The van der Waals surface area contributed by atoms with Crippen LogP contribution in [0.1, 0.15) is 27.2 Å². The molecule has 0 bridgehead atoms. The molecule has 0 aliphatic rings. The van der Waals surface area contributed by atoms with Crippen molar-refractivity contribution in [1.82, 2.24) is 10.6 Å². The highest BCUT2D eigenvalue weighted by atomic mass is 16.5. The van der Waals surface area contributed by atoms with E-state index in [9.17, 15) is 14.4 Å². The molecule has 0 rings (SSSR count). The van der Waals surface area contributed by atoms with Crippen molar-refractivity contribution >= 4 is 17.8 Å². The van der Waals surface area contributed by atoms with Crippen LogP contribution in [0.3, 0.4) is 0 Å². The molecule has 0 aromatic heterocycles. The molecule has 0 aliphatic carbocycles. The molecule has 6 nitrogen and oxygen atoms in total. The zero-order valence-corrected chi connectivity index (χ0v) is 9.83. The average molecular weight is 230 g/mol. The van der Waals surface area contributed by atoms with Gasteiger partial charge in [-0.15, -0.1) is 0 Å². The van der Waals surface area contributed by atoms with Crippen LogP contribution in [0.4, 0.5) is 0 Å². The predicted molar refractivity (Wildman–Crippen MR) is 57.5 cm³/mol. The van der Waals surface area contributed by atoms with Crippen molar-refractivity contribution in [3.05, 3.63) is 0 Å². The number of rotatable bonds is 5. The molecule has 0 saturated heterocycles. The van der Waals surface area contributed by atoms with E-state index in [2.05, 4.69) is 15.4 Å². The third kappa shape index (κ3) is 6.80. The highest BCUT2D eigenvalue weighted by molar-refractivity contribution is 6.32. The number of amides is 2. The van der Waals surface area contributed by atoms with Crippen LogP contribution in [0.5, 0.6) is 0 Å². The lowest BCUT2D eigenvalue weighted by atomic mass is 10.3. The first-order chi connectivity index (χ1) is 7.47. The van der Waals surface area contributed by atoms with Gasteiger partial charge in [-0.2, -0.15) is 0 Å². The molecule has 92 valence electrons. The predicted octanol–water partition coefficient (Wildman–Crippen LogP) is -0.420. The van der Waals surface area contributed by atoms with Gasteiger partial charge in [0, 0.05) is 19.0 Å². The van der Waals surface area contributed by atoms with E-state index in [1.165, 1.54) is 0 Å². The van der Waals surface area contributed by atoms with Gasteiger partial charge in [0.05, 0.1) is 6.61 Å². The highest BCUT2D eigenvalue weighted by Gasteiger charge is 2.14. The Hall–Kier alpha value is -1.59. The Labute approximate surface area is 94.7 Å². The van der Waals surface area contributed by atoms with Crippen LogP contribution < -0.4 is 10.6 Å². The monoisotopic (exact) mass is 230 g/mol. The van der Waals surface area contributed by atoms with E-state index in [4.69, 9.17) is 0 Å². The van der Waals surface area contributed by atoms with Crippen LogP contribution in [0.15, 0.2) is 0 Å². The van der Waals surface area contributed by atoms with E-state index >= 15 is 0 Å². The lowest BCUT2D eigenvalue weighted by Gasteiger charge is -2.08. The summed E-state index contributed by atoms with van der Waals surface area (Å²) in [5.41, 5.74) is 0. The van der Waals surface area contributed by atoms with Gasteiger partial charge in [0.2, 0.25) is 5.91 Å². The number of esters is 1. The molecule has 0 unspecified atom stereocenters. The Morgan fingerprint density at radius 3 is 2.38 bits per heavy atom. The molecule has 0 heterocycles. The zero-order chi connectivity index (χ0) is 12.6. The SMILES string of the molecule is CCOC(=O)C(=O)NCCC(=O)NC(C)C. The second-order valence-corrected chi connectivity index (χ2v) is 3.45. The van der Waals surface area contributed by atoms with Gasteiger partial charge in [-0.25, -0.2) is 4.79 Å². The molecular formula is C10H18N2O4. The van der Waals surface area contributed by atoms with Crippen LogP contribution in [0.25, 0.3) is 0 Å². The first-order valence-corrected chi connectivity index (χ1v) is 5.21. The number of carbonyl (C=O) groups excluding carboxylic acids is 3. The molecule has 0 aromatic rings. The Kier molecular flexibility index (Phi) is 6.91. The van der Waals surface area contributed by atoms with Gasteiger partial charge in [0.25, 0.3) is 0 Å². The number of hydrogen-bond acceptors (Lipinski definition) is 4. The van der Waals surface area contributed by atoms with Gasteiger partial charge in [-0.05, 0) is 20.8 Å². The third-order valence-electron chi connectivity index (χ3n) is 1.55. The molecule has 2 N–H and O–H groups in total. The smallest absolute Gasteiger partial charge is 0.396 e. The van der Waals surface area contributed by atoms with Crippen molar-refractivity contribution in [2.24, 2.45) is 0 Å². The minimum absolute atomic E-state index is 0.0632. The first kappa shape index (κ1) is 14.4. The Bertz CT molecular complexity index is 264. The molecule has 0 spiro atoms. The van der Waals surface area contributed by atoms with Gasteiger partial charge < -0.3 is 15.4 Å². The molecule has 6 heteroatoms. The van der Waals surface area contributed by atoms with Crippen molar-refractivity contribution in [2.75, 3.05) is 13.2 Å².